The van der Waals surface area contributed by atoms with E-state index >= 15 is 0 Å². The number of rotatable bonds is 7. The van der Waals surface area contributed by atoms with E-state index in [9.17, 15) is 12.8 Å². The summed E-state index contributed by atoms with van der Waals surface area (Å²) in [5.74, 6) is -0.382. The van der Waals surface area contributed by atoms with Crippen LogP contribution in [0.3, 0.4) is 0 Å². The third-order valence-electron chi connectivity index (χ3n) is 5.41. The summed E-state index contributed by atoms with van der Waals surface area (Å²) < 4.78 is 45.5. The van der Waals surface area contributed by atoms with Crippen LogP contribution in [0.5, 0.6) is 0 Å². The summed E-state index contributed by atoms with van der Waals surface area (Å²) in [4.78, 5) is 8.07. The van der Waals surface area contributed by atoms with Gasteiger partial charge in [0.2, 0.25) is 5.13 Å². The molecule has 1 saturated heterocycles. The quantitative estimate of drug-likeness (QED) is 0.499. The van der Waals surface area contributed by atoms with Crippen LogP contribution in [0.25, 0.3) is 0 Å². The van der Waals surface area contributed by atoms with Gasteiger partial charge in [0.25, 0.3) is 10.0 Å². The molecule has 7 nitrogen and oxygen atoms in total. The van der Waals surface area contributed by atoms with E-state index in [0.717, 1.165) is 36.7 Å². The zero-order valence-electron chi connectivity index (χ0n) is 17.0. The Hall–Kier alpha value is -1.98. The zero-order valence-corrected chi connectivity index (χ0v) is 20.1. The van der Waals surface area contributed by atoms with E-state index in [4.69, 9.17) is 23.2 Å². The molecule has 1 atom stereocenters. The minimum absolute atomic E-state index is 0.0410. The summed E-state index contributed by atoms with van der Waals surface area (Å²) >= 11 is 13.3. The highest BCUT2D eigenvalue weighted by atomic mass is 35.5. The Bertz CT molecular complexity index is 1210. The van der Waals surface area contributed by atoms with E-state index in [0.29, 0.717) is 17.1 Å². The van der Waals surface area contributed by atoms with Crippen molar-refractivity contribution in [1.82, 2.24) is 14.3 Å². The number of likely N-dealkylation sites (tertiary alicyclic amines) is 1. The molecule has 0 spiro atoms. The number of likely N-dealkylation sites (N-methyl/N-ethyl adjacent to an activating group) is 1. The zero-order chi connectivity index (χ0) is 22.9. The van der Waals surface area contributed by atoms with Gasteiger partial charge in [0.1, 0.15) is 12.1 Å². The fourth-order valence-electron chi connectivity index (χ4n) is 3.71. The van der Waals surface area contributed by atoms with E-state index in [1.54, 1.807) is 18.2 Å². The van der Waals surface area contributed by atoms with Crippen LogP contribution >= 0.6 is 34.7 Å². The second-order valence-electron chi connectivity index (χ2n) is 7.47. The molecule has 170 valence electrons. The van der Waals surface area contributed by atoms with E-state index in [1.165, 1.54) is 24.5 Å². The van der Waals surface area contributed by atoms with Crippen molar-refractivity contribution in [2.24, 2.45) is 0 Å². The smallest absolute Gasteiger partial charge is 0.263 e. The van der Waals surface area contributed by atoms with Crippen LogP contribution < -0.4 is 9.62 Å². The summed E-state index contributed by atoms with van der Waals surface area (Å²) in [7, 11) is -1.90. The summed E-state index contributed by atoms with van der Waals surface area (Å²) in [6.45, 7) is 1.99. The van der Waals surface area contributed by atoms with Crippen molar-refractivity contribution in [3.63, 3.8) is 0 Å². The fraction of sp³-hybridized carbons (Fsp3) is 0.300. The lowest BCUT2D eigenvalue weighted by Crippen LogP contribution is -2.34. The van der Waals surface area contributed by atoms with Crippen molar-refractivity contribution >= 4 is 55.6 Å². The van der Waals surface area contributed by atoms with Crippen LogP contribution in [0.2, 0.25) is 10.0 Å². The molecule has 12 heteroatoms. The van der Waals surface area contributed by atoms with Gasteiger partial charge in [0.15, 0.2) is 0 Å². The van der Waals surface area contributed by atoms with E-state index in [1.807, 2.05) is 11.9 Å². The Kier molecular flexibility index (Phi) is 6.87. The maximum atomic E-state index is 14.2. The van der Waals surface area contributed by atoms with Gasteiger partial charge in [-0.1, -0.05) is 35.3 Å². The highest BCUT2D eigenvalue weighted by molar-refractivity contribution is 7.93. The van der Waals surface area contributed by atoms with Gasteiger partial charge in [-0.2, -0.15) is 4.37 Å². The lowest BCUT2D eigenvalue weighted by Gasteiger charge is -2.28. The molecular formula is C20H20Cl2FN5O2S2. The number of benzene rings is 2. The molecule has 2 aromatic carbocycles. The monoisotopic (exact) mass is 515 g/mol. The molecule has 1 aromatic heterocycles. The SMILES string of the molecule is CN(c1ccc(S(=O)(=O)Nc2ncns2)cc1Cl)C1CCN(Cc2cccc(Cl)c2F)C1. The first kappa shape index (κ1) is 23.2. The summed E-state index contributed by atoms with van der Waals surface area (Å²) in [5, 5.41) is 0.634. The third-order valence-corrected chi connectivity index (χ3v) is 8.05. The molecule has 1 N–H and O–H groups in total. The lowest BCUT2D eigenvalue weighted by molar-refractivity contribution is 0.320. The van der Waals surface area contributed by atoms with Gasteiger partial charge in [0, 0.05) is 49.8 Å². The van der Waals surface area contributed by atoms with Crippen molar-refractivity contribution in [1.29, 1.82) is 0 Å². The Morgan fingerprint density at radius 3 is 2.81 bits per heavy atom. The second kappa shape index (κ2) is 9.48. The molecule has 1 aliphatic heterocycles. The minimum Gasteiger partial charge on any atom is -0.369 e. The van der Waals surface area contributed by atoms with Crippen LogP contribution in [0.4, 0.5) is 15.2 Å². The number of hydrogen-bond donors (Lipinski definition) is 1. The number of nitrogens with one attached hydrogen (secondary N) is 1. The van der Waals surface area contributed by atoms with Gasteiger partial charge < -0.3 is 4.90 Å². The maximum absolute atomic E-state index is 14.2. The van der Waals surface area contributed by atoms with Crippen molar-refractivity contribution < 1.29 is 12.8 Å². The van der Waals surface area contributed by atoms with Crippen LogP contribution in [-0.2, 0) is 16.6 Å². The molecule has 2 heterocycles. The Balaban J connectivity index is 1.44. The topological polar surface area (TPSA) is 78.4 Å². The van der Waals surface area contributed by atoms with Crippen LogP contribution in [0.15, 0.2) is 47.6 Å². The number of nitrogens with zero attached hydrogens (tertiary/aromatic N) is 4. The molecule has 32 heavy (non-hydrogen) atoms. The molecular weight excluding hydrogens is 496 g/mol. The largest absolute Gasteiger partial charge is 0.369 e. The molecule has 4 rings (SSSR count). The van der Waals surface area contributed by atoms with Gasteiger partial charge in [0.05, 0.1) is 20.6 Å². The van der Waals surface area contributed by atoms with Crippen LogP contribution in [-0.4, -0.2) is 48.9 Å². The van der Waals surface area contributed by atoms with E-state index < -0.39 is 10.0 Å². The predicted octanol–water partition coefficient (Wildman–Crippen LogP) is 4.50. The first-order chi connectivity index (χ1) is 15.2. The number of anilines is 2. The van der Waals surface area contributed by atoms with Gasteiger partial charge in [-0.25, -0.2) is 17.8 Å². The van der Waals surface area contributed by atoms with Crippen LogP contribution in [0, 0.1) is 5.82 Å². The van der Waals surface area contributed by atoms with Crippen LogP contribution in [0.1, 0.15) is 12.0 Å². The highest BCUT2D eigenvalue weighted by Crippen LogP contribution is 2.32. The number of hydrogen-bond acceptors (Lipinski definition) is 7. The molecule has 1 fully saturated rings. The van der Waals surface area contributed by atoms with Crippen molar-refractivity contribution in [2.45, 2.75) is 23.9 Å². The average Bonchev–Trinajstić information content (AvgIpc) is 3.43. The first-order valence-corrected chi connectivity index (χ1v) is 12.7. The number of aromatic nitrogens is 2. The molecule has 0 radical (unpaired) electrons. The third kappa shape index (κ3) is 4.99. The van der Waals surface area contributed by atoms with Crippen molar-refractivity contribution in [3.05, 3.63) is 64.2 Å². The predicted molar refractivity (Wildman–Crippen MR) is 126 cm³/mol. The fourth-order valence-corrected chi connectivity index (χ4v) is 5.97. The molecule has 0 amide bonds. The second-order valence-corrected chi connectivity index (χ2v) is 10.7. The molecule has 0 aliphatic carbocycles. The van der Waals surface area contributed by atoms with Crippen molar-refractivity contribution in [3.8, 4) is 0 Å². The highest BCUT2D eigenvalue weighted by Gasteiger charge is 2.28. The van der Waals surface area contributed by atoms with E-state index in [-0.39, 0.29) is 26.9 Å². The number of halogens is 3. The normalized spacial score (nSPS) is 16.9. The van der Waals surface area contributed by atoms with Gasteiger partial charge >= 0.3 is 0 Å². The summed E-state index contributed by atoms with van der Waals surface area (Å²) in [6.07, 6.45) is 2.15. The van der Waals surface area contributed by atoms with Gasteiger partial charge in [-0.05, 0) is 30.7 Å². The first-order valence-electron chi connectivity index (χ1n) is 9.72. The Morgan fingerprint density at radius 2 is 2.09 bits per heavy atom. The van der Waals surface area contributed by atoms with Gasteiger partial charge in [-0.3, -0.25) is 9.62 Å². The maximum Gasteiger partial charge on any atom is 0.263 e. The summed E-state index contributed by atoms with van der Waals surface area (Å²) in [5.41, 5.74) is 1.29. The van der Waals surface area contributed by atoms with Gasteiger partial charge in [-0.15, -0.1) is 0 Å². The number of sulfonamides is 1. The molecule has 1 unspecified atom stereocenters. The van der Waals surface area contributed by atoms with Crippen molar-refractivity contribution in [2.75, 3.05) is 29.8 Å². The minimum atomic E-state index is -3.82. The average molecular weight is 516 g/mol. The lowest BCUT2D eigenvalue weighted by atomic mass is 10.2. The summed E-state index contributed by atoms with van der Waals surface area (Å²) in [6, 6.07) is 9.79. The molecule has 1 aliphatic rings. The molecule has 0 saturated carbocycles. The Morgan fingerprint density at radius 1 is 1.28 bits per heavy atom. The Labute approximate surface area is 200 Å². The standard InChI is InChI=1S/C20H20Cl2FN5O2S2/c1-27(14-7-8-28(11-14)10-13-3-2-4-16(21)19(13)23)18-6-5-15(9-17(18)22)32(29,30)26-20-24-12-25-31-20/h2-6,9,12,14H,7-8,10-11H2,1H3,(H,24,25,26). The molecule has 0 bridgehead atoms. The van der Waals surface area contributed by atoms with E-state index in [2.05, 4.69) is 19.0 Å². The molecule has 3 aromatic rings.